The van der Waals surface area contributed by atoms with Crippen molar-refractivity contribution in [1.82, 2.24) is 29.9 Å². The third-order valence-electron chi connectivity index (χ3n) is 7.63. The van der Waals surface area contributed by atoms with Gasteiger partial charge >= 0.3 is 0 Å². The normalized spacial score (nSPS) is 16.3. The lowest BCUT2D eigenvalue weighted by Crippen LogP contribution is -2.59. The number of fused-ring (bicyclic) bond motifs is 1. The minimum atomic E-state index is -0.435. The summed E-state index contributed by atoms with van der Waals surface area (Å²) in [6.07, 6.45) is 7.11. The Bertz CT molecular complexity index is 1510. The van der Waals surface area contributed by atoms with Gasteiger partial charge in [-0.25, -0.2) is 14.4 Å². The van der Waals surface area contributed by atoms with E-state index < -0.39 is 5.82 Å². The molecule has 3 N–H and O–H groups in total. The summed E-state index contributed by atoms with van der Waals surface area (Å²) in [6, 6.07) is 11.6. The number of hydrogen-bond acceptors (Lipinski definition) is 7. The number of anilines is 2. The monoisotopic (exact) mass is 529 g/mol. The molecule has 2 saturated heterocycles. The standard InChI is InChI=1S/C29H32FN7O2/c1-18-13-21(4-5-23(18)29(38)36-10-7-20(8-11-36)34-22-15-31-16-22)35-27-28-33-17-25(37(28)12-9-32-27)19-3-6-26(39-2)24(30)14-19/h3-6,9,12-14,17,20,22,31,34H,7-8,10-11,15-16H2,1-2H3,(H,32,35). The lowest BCUT2D eigenvalue weighted by atomic mass is 10.0. The van der Waals surface area contributed by atoms with Crippen molar-refractivity contribution in [3.05, 3.63) is 71.9 Å². The van der Waals surface area contributed by atoms with Gasteiger partial charge in [0.1, 0.15) is 0 Å². The highest BCUT2D eigenvalue weighted by molar-refractivity contribution is 5.96. The molecule has 0 aliphatic carbocycles. The molecule has 4 aromatic rings. The van der Waals surface area contributed by atoms with Gasteiger partial charge in [-0.05, 0) is 61.7 Å². The van der Waals surface area contributed by atoms with Crippen LogP contribution in [0.15, 0.2) is 55.0 Å². The Labute approximate surface area is 226 Å². The first-order chi connectivity index (χ1) is 19.0. The van der Waals surface area contributed by atoms with E-state index in [1.165, 1.54) is 13.2 Å². The number of piperidine rings is 1. The van der Waals surface area contributed by atoms with Gasteiger partial charge in [0.05, 0.1) is 19.0 Å². The number of imidazole rings is 1. The highest BCUT2D eigenvalue weighted by Crippen LogP contribution is 2.29. The Hall–Kier alpha value is -4.02. The fourth-order valence-electron chi connectivity index (χ4n) is 5.32. The molecule has 0 radical (unpaired) electrons. The average molecular weight is 530 g/mol. The molecule has 0 bridgehead atoms. The summed E-state index contributed by atoms with van der Waals surface area (Å²) in [4.78, 5) is 24.3. The van der Waals surface area contributed by atoms with Gasteiger partial charge in [-0.1, -0.05) is 0 Å². The van der Waals surface area contributed by atoms with Crippen molar-refractivity contribution in [2.75, 3.05) is 38.6 Å². The highest BCUT2D eigenvalue weighted by Gasteiger charge is 2.27. The van der Waals surface area contributed by atoms with Gasteiger partial charge in [0.15, 0.2) is 23.0 Å². The lowest BCUT2D eigenvalue weighted by Gasteiger charge is -2.37. The van der Waals surface area contributed by atoms with E-state index >= 15 is 0 Å². The van der Waals surface area contributed by atoms with Crippen molar-refractivity contribution < 1.29 is 13.9 Å². The maximum Gasteiger partial charge on any atom is 0.254 e. The van der Waals surface area contributed by atoms with Crippen LogP contribution in [-0.4, -0.2) is 70.5 Å². The molecule has 2 aromatic carbocycles. The fraction of sp³-hybridized carbons (Fsp3) is 0.345. The zero-order valence-corrected chi connectivity index (χ0v) is 22.1. The molecule has 10 heteroatoms. The SMILES string of the molecule is COc1ccc(-c2cnc3c(Nc4ccc(C(=O)N5CCC(NC6CNC6)CC5)c(C)c4)nccn23)cc1F. The summed E-state index contributed by atoms with van der Waals surface area (Å²) in [6.45, 7) is 5.56. The third kappa shape index (κ3) is 5.05. The van der Waals surface area contributed by atoms with Crippen LogP contribution in [0.1, 0.15) is 28.8 Å². The molecule has 2 fully saturated rings. The highest BCUT2D eigenvalue weighted by atomic mass is 19.1. The first kappa shape index (κ1) is 25.3. The van der Waals surface area contributed by atoms with Crippen LogP contribution in [0.25, 0.3) is 16.9 Å². The topological polar surface area (TPSA) is 95.8 Å². The summed E-state index contributed by atoms with van der Waals surface area (Å²) < 4.78 is 21.2. The molecule has 39 heavy (non-hydrogen) atoms. The Balaban J connectivity index is 1.16. The largest absolute Gasteiger partial charge is 0.494 e. The summed E-state index contributed by atoms with van der Waals surface area (Å²) in [5.41, 5.74) is 4.44. The minimum absolute atomic E-state index is 0.0765. The molecular formula is C29H32FN7O2. The van der Waals surface area contributed by atoms with Gasteiger partial charge < -0.3 is 25.6 Å². The van der Waals surface area contributed by atoms with E-state index in [-0.39, 0.29) is 11.7 Å². The van der Waals surface area contributed by atoms with E-state index in [1.807, 2.05) is 34.4 Å². The van der Waals surface area contributed by atoms with E-state index in [2.05, 4.69) is 25.9 Å². The Morgan fingerprint density at radius 3 is 2.62 bits per heavy atom. The number of amides is 1. The number of likely N-dealkylation sites (tertiary alicyclic amines) is 1. The summed E-state index contributed by atoms with van der Waals surface area (Å²) in [5.74, 6) is 0.395. The predicted molar refractivity (Wildman–Crippen MR) is 148 cm³/mol. The van der Waals surface area contributed by atoms with Gasteiger partial charge in [-0.15, -0.1) is 0 Å². The Morgan fingerprint density at radius 2 is 1.92 bits per heavy atom. The van der Waals surface area contributed by atoms with Crippen molar-refractivity contribution in [3.8, 4) is 17.0 Å². The van der Waals surface area contributed by atoms with Crippen LogP contribution in [0.2, 0.25) is 0 Å². The number of halogens is 1. The first-order valence-electron chi connectivity index (χ1n) is 13.3. The number of benzene rings is 2. The molecule has 4 heterocycles. The smallest absolute Gasteiger partial charge is 0.254 e. The van der Waals surface area contributed by atoms with Gasteiger partial charge in [0.25, 0.3) is 5.91 Å². The quantitative estimate of drug-likeness (QED) is 0.336. The van der Waals surface area contributed by atoms with E-state index in [4.69, 9.17) is 4.74 Å². The summed E-state index contributed by atoms with van der Waals surface area (Å²) in [7, 11) is 1.44. The third-order valence-corrected chi connectivity index (χ3v) is 7.63. The van der Waals surface area contributed by atoms with Crippen LogP contribution in [0, 0.1) is 12.7 Å². The number of carbonyl (C=O) groups excluding carboxylic acids is 1. The van der Waals surface area contributed by atoms with Crippen LogP contribution >= 0.6 is 0 Å². The number of rotatable bonds is 7. The molecule has 2 aliphatic heterocycles. The van der Waals surface area contributed by atoms with Crippen molar-refractivity contribution in [2.45, 2.75) is 31.8 Å². The molecule has 0 spiro atoms. The average Bonchev–Trinajstić information content (AvgIpc) is 3.36. The number of nitrogens with zero attached hydrogens (tertiary/aromatic N) is 4. The molecule has 2 aromatic heterocycles. The van der Waals surface area contributed by atoms with Crippen molar-refractivity contribution >= 4 is 23.1 Å². The Kier molecular flexibility index (Phi) is 6.88. The minimum Gasteiger partial charge on any atom is -0.494 e. The molecule has 0 atom stereocenters. The van der Waals surface area contributed by atoms with Crippen LogP contribution < -0.4 is 20.7 Å². The van der Waals surface area contributed by atoms with Crippen molar-refractivity contribution in [1.29, 1.82) is 0 Å². The number of hydrogen-bond donors (Lipinski definition) is 3. The van der Waals surface area contributed by atoms with E-state index in [0.717, 1.165) is 56.0 Å². The second-order valence-corrected chi connectivity index (χ2v) is 10.2. The predicted octanol–water partition coefficient (Wildman–Crippen LogP) is 3.76. The molecule has 0 saturated carbocycles. The molecular weight excluding hydrogens is 497 g/mol. The maximum atomic E-state index is 14.3. The van der Waals surface area contributed by atoms with Crippen LogP contribution in [0.3, 0.4) is 0 Å². The number of aryl methyl sites for hydroxylation is 1. The number of aromatic nitrogens is 3. The zero-order valence-electron chi connectivity index (χ0n) is 22.1. The molecule has 9 nitrogen and oxygen atoms in total. The van der Waals surface area contributed by atoms with E-state index in [1.54, 1.807) is 30.7 Å². The lowest BCUT2D eigenvalue weighted by molar-refractivity contribution is 0.0698. The number of ether oxygens (including phenoxy) is 1. The zero-order chi connectivity index (χ0) is 26.9. The molecule has 0 unspecified atom stereocenters. The van der Waals surface area contributed by atoms with Gasteiger partial charge in [-0.3, -0.25) is 9.20 Å². The number of methoxy groups -OCH3 is 1. The number of carbonyl (C=O) groups is 1. The number of nitrogens with one attached hydrogen (secondary N) is 3. The first-order valence-corrected chi connectivity index (χ1v) is 13.3. The molecule has 202 valence electrons. The van der Waals surface area contributed by atoms with Crippen LogP contribution in [0.5, 0.6) is 5.75 Å². The van der Waals surface area contributed by atoms with Crippen LogP contribution in [-0.2, 0) is 0 Å². The van der Waals surface area contributed by atoms with E-state index in [9.17, 15) is 9.18 Å². The second kappa shape index (κ2) is 10.6. The second-order valence-electron chi connectivity index (χ2n) is 10.2. The van der Waals surface area contributed by atoms with Crippen molar-refractivity contribution in [2.24, 2.45) is 0 Å². The maximum absolute atomic E-state index is 14.3. The molecule has 2 aliphatic rings. The van der Waals surface area contributed by atoms with Gasteiger partial charge in [0.2, 0.25) is 0 Å². The molecule has 6 rings (SSSR count). The van der Waals surface area contributed by atoms with E-state index in [0.29, 0.717) is 34.7 Å². The summed E-state index contributed by atoms with van der Waals surface area (Å²) in [5, 5.41) is 10.3. The summed E-state index contributed by atoms with van der Waals surface area (Å²) >= 11 is 0. The Morgan fingerprint density at radius 1 is 1.10 bits per heavy atom. The fourth-order valence-corrected chi connectivity index (χ4v) is 5.32. The van der Waals surface area contributed by atoms with Crippen LogP contribution in [0.4, 0.5) is 15.9 Å². The molecule has 1 amide bonds. The van der Waals surface area contributed by atoms with Gasteiger partial charge in [-0.2, -0.15) is 0 Å². The van der Waals surface area contributed by atoms with Crippen molar-refractivity contribution in [3.63, 3.8) is 0 Å². The van der Waals surface area contributed by atoms with Gasteiger partial charge in [0, 0.05) is 67.5 Å².